The summed E-state index contributed by atoms with van der Waals surface area (Å²) in [5.74, 6) is 0.688. The van der Waals surface area contributed by atoms with Crippen LogP contribution in [0.25, 0.3) is 0 Å². The van der Waals surface area contributed by atoms with Gasteiger partial charge in [-0.1, -0.05) is 35.6 Å². The Morgan fingerprint density at radius 3 is 2.62 bits per heavy atom. The van der Waals surface area contributed by atoms with Crippen LogP contribution in [0.1, 0.15) is 24.1 Å². The summed E-state index contributed by atoms with van der Waals surface area (Å²) in [6, 6.07) is 12.3. The van der Waals surface area contributed by atoms with Gasteiger partial charge in [0.1, 0.15) is 0 Å². The molecule has 2 N–H and O–H groups in total. The molecule has 0 saturated carbocycles. The fraction of sp³-hybridized carbons (Fsp3) is 0.263. The fourth-order valence-electron chi connectivity index (χ4n) is 2.48. The molecule has 1 unspecified atom stereocenters. The summed E-state index contributed by atoms with van der Waals surface area (Å²) < 4.78 is 13.7. The number of allylic oxidation sites excluding steroid dienone is 4. The SMILES string of the molecule is NCc1ccc(Sc2ccc(S(=O)CCC3=CCCC=C3)cc2)s1. The number of nitrogens with two attached hydrogens (primary N) is 1. The second kappa shape index (κ2) is 8.81. The van der Waals surface area contributed by atoms with Gasteiger partial charge in [0.15, 0.2) is 0 Å². The Morgan fingerprint density at radius 1 is 1.12 bits per heavy atom. The largest absolute Gasteiger partial charge is 0.326 e. The van der Waals surface area contributed by atoms with Crippen molar-refractivity contribution in [3.63, 3.8) is 0 Å². The molecule has 3 rings (SSSR count). The van der Waals surface area contributed by atoms with Crippen LogP contribution < -0.4 is 5.73 Å². The Kier molecular flexibility index (Phi) is 6.49. The minimum absolute atomic E-state index is 0.592. The summed E-state index contributed by atoms with van der Waals surface area (Å²) in [6.07, 6.45) is 9.74. The first-order valence-electron chi connectivity index (χ1n) is 8.05. The highest BCUT2D eigenvalue weighted by atomic mass is 32.2. The lowest BCUT2D eigenvalue weighted by atomic mass is 10.1. The molecule has 2 aromatic rings. The Balaban J connectivity index is 1.56. The highest BCUT2D eigenvalue weighted by molar-refractivity contribution is 8.01. The van der Waals surface area contributed by atoms with E-state index in [9.17, 15) is 4.21 Å². The monoisotopic (exact) mass is 375 g/mol. The molecule has 24 heavy (non-hydrogen) atoms. The standard InChI is InChI=1S/C19H21NOS3/c20-14-17-8-11-19(23-17)22-16-6-9-18(10-7-16)24(21)13-12-15-4-2-1-3-5-15/h2,4-11H,1,3,12-14,20H2. The fourth-order valence-corrected chi connectivity index (χ4v) is 5.61. The minimum atomic E-state index is -0.935. The van der Waals surface area contributed by atoms with E-state index in [0.29, 0.717) is 12.3 Å². The third-order valence-electron chi connectivity index (χ3n) is 3.79. The van der Waals surface area contributed by atoms with Crippen molar-refractivity contribution >= 4 is 33.9 Å². The molecule has 0 saturated heterocycles. The smallest absolute Gasteiger partial charge is 0.0649 e. The predicted octanol–water partition coefficient (Wildman–Crippen LogP) is 5.13. The Morgan fingerprint density at radius 2 is 1.96 bits per heavy atom. The molecule has 0 aliphatic heterocycles. The quantitative estimate of drug-likeness (QED) is 0.729. The van der Waals surface area contributed by atoms with Gasteiger partial charge in [-0.05, 0) is 55.7 Å². The van der Waals surface area contributed by atoms with Crippen LogP contribution in [0.4, 0.5) is 0 Å². The highest BCUT2D eigenvalue weighted by Gasteiger charge is 2.07. The van der Waals surface area contributed by atoms with Gasteiger partial charge < -0.3 is 5.73 Å². The zero-order chi connectivity index (χ0) is 16.8. The van der Waals surface area contributed by atoms with Gasteiger partial charge in [0.05, 0.1) is 15.0 Å². The van der Waals surface area contributed by atoms with Gasteiger partial charge in [0.25, 0.3) is 0 Å². The van der Waals surface area contributed by atoms with E-state index >= 15 is 0 Å². The zero-order valence-electron chi connectivity index (χ0n) is 13.4. The van der Waals surface area contributed by atoms with E-state index in [-0.39, 0.29) is 0 Å². The lowest BCUT2D eigenvalue weighted by molar-refractivity contribution is 0.682. The van der Waals surface area contributed by atoms with Crippen molar-refractivity contribution in [3.8, 4) is 0 Å². The number of thiophene rings is 1. The lowest BCUT2D eigenvalue weighted by Gasteiger charge is -2.07. The molecule has 2 nitrogen and oxygen atoms in total. The van der Waals surface area contributed by atoms with Crippen molar-refractivity contribution in [2.24, 2.45) is 5.73 Å². The summed E-state index contributed by atoms with van der Waals surface area (Å²) >= 11 is 3.45. The maximum absolute atomic E-state index is 12.4. The Labute approximate surface area is 154 Å². The molecule has 0 spiro atoms. The number of benzene rings is 1. The van der Waals surface area contributed by atoms with E-state index in [1.807, 2.05) is 12.1 Å². The molecule has 1 aliphatic carbocycles. The second-order valence-corrected chi connectivity index (χ2v) is 9.67. The van der Waals surface area contributed by atoms with Gasteiger partial charge in [0, 0.05) is 27.0 Å². The molecule has 0 amide bonds. The van der Waals surface area contributed by atoms with Crippen LogP contribution in [0.3, 0.4) is 0 Å². The van der Waals surface area contributed by atoms with Crippen LogP contribution in [0.2, 0.25) is 0 Å². The van der Waals surface area contributed by atoms with Crippen LogP contribution in [0, 0.1) is 0 Å². The Bertz CT molecular complexity index is 759. The summed E-state index contributed by atoms with van der Waals surface area (Å²) in [7, 11) is -0.935. The van der Waals surface area contributed by atoms with Crippen LogP contribution in [0.5, 0.6) is 0 Å². The van der Waals surface area contributed by atoms with Crippen molar-refractivity contribution in [1.29, 1.82) is 0 Å². The molecular weight excluding hydrogens is 354 g/mol. The topological polar surface area (TPSA) is 43.1 Å². The van der Waals surface area contributed by atoms with E-state index < -0.39 is 10.8 Å². The third-order valence-corrected chi connectivity index (χ3v) is 7.41. The second-order valence-electron chi connectivity index (χ2n) is 5.56. The van der Waals surface area contributed by atoms with Gasteiger partial charge in [-0.25, -0.2) is 0 Å². The van der Waals surface area contributed by atoms with Crippen molar-refractivity contribution in [2.75, 3.05) is 5.75 Å². The molecule has 1 heterocycles. The summed E-state index contributed by atoms with van der Waals surface area (Å²) in [6.45, 7) is 0.592. The lowest BCUT2D eigenvalue weighted by Crippen LogP contribution is -2.00. The van der Waals surface area contributed by atoms with Crippen LogP contribution in [-0.4, -0.2) is 9.96 Å². The van der Waals surface area contributed by atoms with Gasteiger partial charge in [-0.15, -0.1) is 11.3 Å². The third kappa shape index (κ3) is 4.93. The van der Waals surface area contributed by atoms with Crippen LogP contribution >= 0.6 is 23.1 Å². The van der Waals surface area contributed by atoms with Crippen molar-refractivity contribution in [2.45, 2.75) is 39.8 Å². The van der Waals surface area contributed by atoms with E-state index in [2.05, 4.69) is 42.5 Å². The molecule has 1 aromatic heterocycles. The molecule has 126 valence electrons. The van der Waals surface area contributed by atoms with E-state index in [4.69, 9.17) is 5.73 Å². The Hall–Kier alpha value is -1.14. The van der Waals surface area contributed by atoms with E-state index in [0.717, 1.165) is 24.2 Å². The van der Waals surface area contributed by atoms with Gasteiger partial charge in [-0.3, -0.25) is 4.21 Å². The average molecular weight is 376 g/mol. The molecular formula is C19H21NOS3. The van der Waals surface area contributed by atoms with Gasteiger partial charge >= 0.3 is 0 Å². The first-order valence-corrected chi connectivity index (χ1v) is 11.0. The summed E-state index contributed by atoms with van der Waals surface area (Å²) in [5, 5.41) is 0. The minimum Gasteiger partial charge on any atom is -0.326 e. The molecule has 1 aromatic carbocycles. The maximum atomic E-state index is 12.4. The first kappa shape index (κ1) is 17.7. The molecule has 0 radical (unpaired) electrons. The van der Waals surface area contributed by atoms with Gasteiger partial charge in [0.2, 0.25) is 0 Å². The van der Waals surface area contributed by atoms with Crippen LogP contribution in [0.15, 0.2) is 74.2 Å². The van der Waals surface area contributed by atoms with Gasteiger partial charge in [-0.2, -0.15) is 0 Å². The molecule has 0 fully saturated rings. The van der Waals surface area contributed by atoms with Crippen molar-refractivity contribution < 1.29 is 4.21 Å². The predicted molar refractivity (Wildman–Crippen MR) is 105 cm³/mol. The maximum Gasteiger partial charge on any atom is 0.0649 e. The molecule has 1 atom stereocenters. The zero-order valence-corrected chi connectivity index (χ0v) is 15.9. The molecule has 5 heteroatoms. The molecule has 1 aliphatic rings. The van der Waals surface area contributed by atoms with Crippen molar-refractivity contribution in [1.82, 2.24) is 0 Å². The number of hydrogen-bond acceptors (Lipinski definition) is 4. The molecule has 0 bridgehead atoms. The average Bonchev–Trinajstić information content (AvgIpc) is 3.09. The first-order chi connectivity index (χ1) is 11.7. The van der Waals surface area contributed by atoms with E-state index in [1.54, 1.807) is 23.1 Å². The summed E-state index contributed by atoms with van der Waals surface area (Å²) in [4.78, 5) is 3.27. The van der Waals surface area contributed by atoms with E-state index in [1.165, 1.54) is 19.6 Å². The normalized spacial score (nSPS) is 15.3. The van der Waals surface area contributed by atoms with Crippen molar-refractivity contribution in [3.05, 3.63) is 65.1 Å². The summed E-state index contributed by atoms with van der Waals surface area (Å²) in [5.41, 5.74) is 6.97. The highest BCUT2D eigenvalue weighted by Crippen LogP contribution is 2.33. The number of rotatable bonds is 7. The van der Waals surface area contributed by atoms with Crippen LogP contribution in [-0.2, 0) is 17.3 Å². The number of hydrogen-bond donors (Lipinski definition) is 1.